The van der Waals surface area contributed by atoms with E-state index < -0.39 is 0 Å². The summed E-state index contributed by atoms with van der Waals surface area (Å²) in [4.78, 5) is 15.7. The third kappa shape index (κ3) is 3.35. The smallest absolute Gasteiger partial charge is 0.254 e. The van der Waals surface area contributed by atoms with Crippen molar-refractivity contribution in [3.8, 4) is 0 Å². The fourth-order valence-corrected chi connectivity index (χ4v) is 1.87. The van der Waals surface area contributed by atoms with E-state index >= 15 is 0 Å². The highest BCUT2D eigenvalue weighted by molar-refractivity contribution is 6.34. The maximum atomic E-state index is 11.8. The summed E-state index contributed by atoms with van der Waals surface area (Å²) >= 11 is 11.6. The molecule has 0 fully saturated rings. The molecule has 0 saturated heterocycles. The Morgan fingerprint density at radius 1 is 1.50 bits per heavy atom. The number of carbonyl (C=O) groups excluding carboxylic acids is 1. The highest BCUT2D eigenvalue weighted by Crippen LogP contribution is 2.21. The highest BCUT2D eigenvalue weighted by atomic mass is 35.5. The molecular formula is C11H14Cl2N2O. The van der Waals surface area contributed by atoms with Gasteiger partial charge in [0.05, 0.1) is 5.56 Å². The number of aromatic nitrogens is 1. The Morgan fingerprint density at radius 2 is 2.12 bits per heavy atom. The van der Waals surface area contributed by atoms with Gasteiger partial charge >= 0.3 is 0 Å². The molecule has 1 aromatic heterocycles. The van der Waals surface area contributed by atoms with Crippen LogP contribution in [0.1, 0.15) is 29.8 Å². The lowest BCUT2D eigenvalue weighted by Gasteiger charge is -2.10. The van der Waals surface area contributed by atoms with E-state index in [-0.39, 0.29) is 11.1 Å². The highest BCUT2D eigenvalue weighted by Gasteiger charge is 2.15. The van der Waals surface area contributed by atoms with Gasteiger partial charge in [0.15, 0.2) is 0 Å². The number of amides is 1. The summed E-state index contributed by atoms with van der Waals surface area (Å²) in [6.07, 6.45) is 0. The van der Waals surface area contributed by atoms with E-state index in [0.717, 1.165) is 5.56 Å². The summed E-state index contributed by atoms with van der Waals surface area (Å²) in [5.41, 5.74) is 1.12. The Morgan fingerprint density at radius 3 is 2.62 bits per heavy atom. The first-order valence-electron chi connectivity index (χ1n) is 5.02. The molecule has 0 spiro atoms. The zero-order valence-electron chi connectivity index (χ0n) is 9.47. The van der Waals surface area contributed by atoms with Gasteiger partial charge in [-0.3, -0.25) is 4.79 Å². The van der Waals surface area contributed by atoms with Crippen LogP contribution in [0.4, 0.5) is 0 Å². The number of halogens is 2. The van der Waals surface area contributed by atoms with Crippen LogP contribution in [-0.2, 0) is 0 Å². The van der Waals surface area contributed by atoms with Crippen molar-refractivity contribution in [2.75, 3.05) is 6.54 Å². The predicted octanol–water partition coefficient (Wildman–Crippen LogP) is 3.08. The first-order chi connectivity index (χ1) is 7.41. The van der Waals surface area contributed by atoms with E-state index in [2.05, 4.69) is 10.3 Å². The second-order valence-corrected chi connectivity index (χ2v) is 4.78. The zero-order valence-corrected chi connectivity index (χ0v) is 11.0. The minimum atomic E-state index is -0.208. The van der Waals surface area contributed by atoms with E-state index in [1.165, 1.54) is 0 Å². The SMILES string of the molecule is Cc1cc(Cl)nc(Cl)c1C(=O)NCC(C)C. The van der Waals surface area contributed by atoms with Gasteiger partial charge in [-0.2, -0.15) is 0 Å². The molecule has 0 radical (unpaired) electrons. The summed E-state index contributed by atoms with van der Waals surface area (Å²) < 4.78 is 0. The van der Waals surface area contributed by atoms with Gasteiger partial charge in [-0.05, 0) is 24.5 Å². The number of nitrogens with one attached hydrogen (secondary N) is 1. The van der Waals surface area contributed by atoms with Crippen LogP contribution in [0.2, 0.25) is 10.3 Å². The van der Waals surface area contributed by atoms with Gasteiger partial charge in [-0.25, -0.2) is 4.98 Å². The Bertz CT molecular complexity index is 382. The second kappa shape index (κ2) is 5.51. The first kappa shape index (κ1) is 13.3. The standard InChI is InChI=1S/C11H14Cl2N2O/c1-6(2)5-14-11(16)9-7(3)4-8(12)15-10(9)13/h4,6H,5H2,1-3H3,(H,14,16). The van der Waals surface area contributed by atoms with Gasteiger partial charge in [0.25, 0.3) is 5.91 Å². The molecule has 1 aromatic rings. The Hall–Kier alpha value is -0.800. The summed E-state index contributed by atoms with van der Waals surface area (Å²) in [7, 11) is 0. The summed E-state index contributed by atoms with van der Waals surface area (Å²) in [6.45, 7) is 6.44. The van der Waals surface area contributed by atoms with Gasteiger partial charge in [0, 0.05) is 6.54 Å². The normalized spacial score (nSPS) is 10.6. The van der Waals surface area contributed by atoms with E-state index in [4.69, 9.17) is 23.2 Å². The van der Waals surface area contributed by atoms with Crippen molar-refractivity contribution in [1.82, 2.24) is 10.3 Å². The Labute approximate surface area is 105 Å². The number of aryl methyl sites for hydroxylation is 1. The molecule has 0 aliphatic heterocycles. The molecule has 1 rings (SSSR count). The molecule has 0 aliphatic carbocycles. The van der Waals surface area contributed by atoms with Gasteiger partial charge in [-0.15, -0.1) is 0 Å². The number of nitrogens with zero attached hydrogens (tertiary/aromatic N) is 1. The van der Waals surface area contributed by atoms with Crippen molar-refractivity contribution in [2.45, 2.75) is 20.8 Å². The third-order valence-corrected chi connectivity index (χ3v) is 2.51. The molecule has 0 unspecified atom stereocenters. The number of carbonyl (C=O) groups is 1. The van der Waals surface area contributed by atoms with Crippen LogP contribution >= 0.6 is 23.2 Å². The van der Waals surface area contributed by atoms with Crippen molar-refractivity contribution in [3.05, 3.63) is 27.5 Å². The van der Waals surface area contributed by atoms with Crippen LogP contribution in [-0.4, -0.2) is 17.4 Å². The first-order valence-corrected chi connectivity index (χ1v) is 5.78. The molecule has 16 heavy (non-hydrogen) atoms. The van der Waals surface area contributed by atoms with Gasteiger partial charge in [0.2, 0.25) is 0 Å². The molecule has 1 N–H and O–H groups in total. The monoisotopic (exact) mass is 260 g/mol. The summed E-state index contributed by atoms with van der Waals surface area (Å²) in [5, 5.41) is 3.23. The maximum absolute atomic E-state index is 11.8. The lowest BCUT2D eigenvalue weighted by Crippen LogP contribution is -2.28. The minimum Gasteiger partial charge on any atom is -0.352 e. The van der Waals surface area contributed by atoms with Crippen LogP contribution in [0.3, 0.4) is 0 Å². The van der Waals surface area contributed by atoms with Gasteiger partial charge < -0.3 is 5.32 Å². The molecule has 0 aromatic carbocycles. The van der Waals surface area contributed by atoms with Crippen molar-refractivity contribution >= 4 is 29.1 Å². The number of hydrogen-bond acceptors (Lipinski definition) is 2. The molecule has 3 nitrogen and oxygen atoms in total. The predicted molar refractivity (Wildman–Crippen MR) is 66.2 cm³/mol. The average molecular weight is 261 g/mol. The molecule has 0 atom stereocenters. The van der Waals surface area contributed by atoms with Gasteiger partial charge in [0.1, 0.15) is 10.3 Å². The summed E-state index contributed by atoms with van der Waals surface area (Å²) in [5.74, 6) is 0.184. The maximum Gasteiger partial charge on any atom is 0.254 e. The van der Waals surface area contributed by atoms with E-state index in [1.54, 1.807) is 13.0 Å². The van der Waals surface area contributed by atoms with E-state index in [0.29, 0.717) is 23.2 Å². The van der Waals surface area contributed by atoms with Crippen molar-refractivity contribution in [1.29, 1.82) is 0 Å². The van der Waals surface area contributed by atoms with Crippen LogP contribution < -0.4 is 5.32 Å². The van der Waals surface area contributed by atoms with E-state index in [9.17, 15) is 4.79 Å². The molecule has 88 valence electrons. The van der Waals surface area contributed by atoms with E-state index in [1.807, 2.05) is 13.8 Å². The lowest BCUT2D eigenvalue weighted by atomic mass is 10.1. The zero-order chi connectivity index (χ0) is 12.3. The number of hydrogen-bond donors (Lipinski definition) is 1. The molecule has 1 amide bonds. The lowest BCUT2D eigenvalue weighted by molar-refractivity contribution is 0.0948. The minimum absolute atomic E-state index is 0.145. The second-order valence-electron chi connectivity index (χ2n) is 4.03. The van der Waals surface area contributed by atoms with Crippen molar-refractivity contribution in [3.63, 3.8) is 0 Å². The van der Waals surface area contributed by atoms with Crippen LogP contribution in [0.15, 0.2) is 6.07 Å². The molecule has 0 aliphatic rings. The Kier molecular flexibility index (Phi) is 4.56. The Balaban J connectivity index is 2.91. The quantitative estimate of drug-likeness (QED) is 0.849. The van der Waals surface area contributed by atoms with Crippen LogP contribution in [0, 0.1) is 12.8 Å². The average Bonchev–Trinajstić information content (AvgIpc) is 2.12. The third-order valence-electron chi connectivity index (χ3n) is 2.04. The summed E-state index contributed by atoms with van der Waals surface area (Å²) in [6, 6.07) is 1.62. The molecular weight excluding hydrogens is 247 g/mol. The van der Waals surface area contributed by atoms with Crippen LogP contribution in [0.25, 0.3) is 0 Å². The molecule has 0 bridgehead atoms. The number of rotatable bonds is 3. The van der Waals surface area contributed by atoms with Gasteiger partial charge in [-0.1, -0.05) is 37.0 Å². The van der Waals surface area contributed by atoms with Crippen molar-refractivity contribution in [2.24, 2.45) is 5.92 Å². The van der Waals surface area contributed by atoms with Crippen LogP contribution in [0.5, 0.6) is 0 Å². The molecule has 0 saturated carbocycles. The topological polar surface area (TPSA) is 42.0 Å². The fraction of sp³-hybridized carbons (Fsp3) is 0.455. The fourth-order valence-electron chi connectivity index (χ4n) is 1.25. The van der Waals surface area contributed by atoms with Crippen molar-refractivity contribution < 1.29 is 4.79 Å². The molecule has 5 heteroatoms. The number of pyridine rings is 1. The largest absolute Gasteiger partial charge is 0.352 e. The molecule has 1 heterocycles.